The number of nitrogens with one attached hydrogen (secondary N) is 3. The average molecular weight is 543 g/mol. The van der Waals surface area contributed by atoms with E-state index in [-0.39, 0.29) is 17.6 Å². The van der Waals surface area contributed by atoms with E-state index in [9.17, 15) is 9.59 Å². The Labute approximate surface area is 223 Å². The molecular weight excluding hydrogens is 512 g/mol. The second-order valence-corrected chi connectivity index (χ2v) is 7.17. The van der Waals surface area contributed by atoms with Gasteiger partial charge in [0, 0.05) is 24.2 Å². The third-order valence-electron chi connectivity index (χ3n) is 4.88. The zero-order valence-electron chi connectivity index (χ0n) is 21.8. The van der Waals surface area contributed by atoms with Crippen LogP contribution in [0.5, 0.6) is 23.0 Å². The number of rotatable bonds is 9. The van der Waals surface area contributed by atoms with Crippen molar-refractivity contribution in [2.45, 2.75) is 13.1 Å². The zero-order valence-corrected chi connectivity index (χ0v) is 21.8. The van der Waals surface area contributed by atoms with Gasteiger partial charge < -0.3 is 35.1 Å². The molecule has 0 radical (unpaired) electrons. The maximum absolute atomic E-state index is 11.7. The number of aromatic amines is 2. The molecule has 2 aromatic heterocycles. The van der Waals surface area contributed by atoms with E-state index in [0.717, 1.165) is 29.0 Å². The van der Waals surface area contributed by atoms with Gasteiger partial charge in [-0.3, -0.25) is 15.0 Å². The van der Waals surface area contributed by atoms with E-state index in [1.807, 2.05) is 30.3 Å². The van der Waals surface area contributed by atoms with Gasteiger partial charge in [-0.25, -0.2) is 14.8 Å². The normalized spacial score (nSPS) is 9.67. The Kier molecular flexibility index (Phi) is 12.2. The first-order valence-corrected chi connectivity index (χ1v) is 11.2. The van der Waals surface area contributed by atoms with Crippen LogP contribution < -0.4 is 30.0 Å². The van der Waals surface area contributed by atoms with Crippen LogP contribution in [0.2, 0.25) is 0 Å². The first-order chi connectivity index (χ1) is 18.9. The van der Waals surface area contributed by atoms with Gasteiger partial charge in [0.1, 0.15) is 12.7 Å². The minimum atomic E-state index is -1.09. The molecule has 2 aromatic carbocycles. The van der Waals surface area contributed by atoms with Crippen molar-refractivity contribution in [3.8, 4) is 23.0 Å². The third kappa shape index (κ3) is 8.71. The van der Waals surface area contributed by atoms with E-state index >= 15 is 0 Å². The molecule has 0 saturated heterocycles. The number of carboxylic acids is 1. The molecule has 6 N–H and O–H groups in total. The van der Waals surface area contributed by atoms with Crippen molar-refractivity contribution in [3.05, 3.63) is 71.8 Å². The average Bonchev–Trinajstić information content (AvgIpc) is 3.71. The predicted octanol–water partition coefficient (Wildman–Crippen LogP) is 1.42. The number of para-hydroxylation sites is 2. The third-order valence-corrected chi connectivity index (χ3v) is 4.88. The summed E-state index contributed by atoms with van der Waals surface area (Å²) in [6.45, 7) is 0.764. The fourth-order valence-electron chi connectivity index (χ4n) is 3.09. The van der Waals surface area contributed by atoms with Crippen molar-refractivity contribution in [3.63, 3.8) is 0 Å². The van der Waals surface area contributed by atoms with Gasteiger partial charge in [-0.05, 0) is 12.1 Å². The van der Waals surface area contributed by atoms with Gasteiger partial charge in [-0.2, -0.15) is 10.2 Å². The summed E-state index contributed by atoms with van der Waals surface area (Å²) in [5.74, 6) is 1.27. The molecule has 15 nitrogen and oxygen atoms in total. The number of aromatic nitrogens is 6. The summed E-state index contributed by atoms with van der Waals surface area (Å²) in [4.78, 5) is 28.8. The molecule has 0 atom stereocenters. The van der Waals surface area contributed by atoms with Crippen LogP contribution in [0.4, 0.5) is 0 Å². The number of carbonyl (C=O) groups is 2. The first-order valence-electron chi connectivity index (χ1n) is 11.2. The molecule has 0 fully saturated rings. The first kappa shape index (κ1) is 30.0. The van der Waals surface area contributed by atoms with Crippen molar-refractivity contribution in [2.75, 3.05) is 28.4 Å². The number of carboxylic acid groups (broad SMARTS) is 1. The lowest BCUT2D eigenvalue weighted by atomic mass is 10.2. The Bertz CT molecular complexity index is 1280. The number of ether oxygens (including phenoxy) is 4. The lowest BCUT2D eigenvalue weighted by Crippen LogP contribution is -2.24. The number of carbonyl (C=O) groups excluding carboxylic acids is 1. The Balaban J connectivity index is 0.000000227. The molecule has 208 valence electrons. The Morgan fingerprint density at radius 3 is 1.74 bits per heavy atom. The number of benzene rings is 2. The van der Waals surface area contributed by atoms with E-state index < -0.39 is 5.97 Å². The van der Waals surface area contributed by atoms with Gasteiger partial charge in [0.05, 0.1) is 28.4 Å². The van der Waals surface area contributed by atoms with Gasteiger partial charge >= 0.3 is 5.97 Å². The summed E-state index contributed by atoms with van der Waals surface area (Å²) in [6, 6.07) is 11.1. The molecule has 0 aliphatic rings. The van der Waals surface area contributed by atoms with Gasteiger partial charge in [0.15, 0.2) is 23.0 Å². The highest BCUT2D eigenvalue weighted by molar-refractivity contribution is 5.90. The van der Waals surface area contributed by atoms with E-state index in [4.69, 9.17) is 29.8 Å². The summed E-state index contributed by atoms with van der Waals surface area (Å²) >= 11 is 0. The number of hydrogen-bond donors (Lipinski definition) is 5. The quantitative estimate of drug-likeness (QED) is 0.203. The largest absolute Gasteiger partial charge is 0.493 e. The summed E-state index contributed by atoms with van der Waals surface area (Å²) in [6.07, 6.45) is 2.42. The van der Waals surface area contributed by atoms with Crippen molar-refractivity contribution in [1.82, 2.24) is 35.7 Å². The highest BCUT2D eigenvalue weighted by Gasteiger charge is 2.12. The number of H-pyrrole nitrogens is 2. The topological polar surface area (TPSA) is 212 Å². The van der Waals surface area contributed by atoms with E-state index in [1.165, 1.54) is 6.33 Å². The van der Waals surface area contributed by atoms with E-state index in [1.54, 1.807) is 34.5 Å². The molecule has 4 aromatic rings. The smallest absolute Gasteiger partial charge is 0.373 e. The SMILES string of the molecule is COc1cccc(CN)c1OC.COc1cccc(CNC(=O)c2ncn[nH]2)c1OC.O=C(O)c1ncn[nH]1. The highest BCUT2D eigenvalue weighted by atomic mass is 16.5. The second kappa shape index (κ2) is 15.8. The number of amides is 1. The number of aromatic carboxylic acids is 1. The Morgan fingerprint density at radius 1 is 0.821 bits per heavy atom. The molecule has 0 unspecified atom stereocenters. The fourth-order valence-corrected chi connectivity index (χ4v) is 3.09. The maximum Gasteiger partial charge on any atom is 0.373 e. The molecular formula is C24H30N8O7. The molecule has 0 aliphatic heterocycles. The minimum Gasteiger partial charge on any atom is -0.493 e. The standard InChI is InChI=1S/C12H14N4O3.C9H13NO2.C3H3N3O2/c1-18-9-5-3-4-8(10(9)19-2)6-13-12(17)11-14-7-15-16-11;1-11-8-5-3-4-7(6-10)9(8)12-2;7-3(8)2-4-1-5-6-2/h3-5,7H,6H2,1-2H3,(H,13,17)(H,14,15,16);3-5H,6,10H2,1-2H3;1H,(H,7,8)(H,4,5,6). The van der Waals surface area contributed by atoms with Crippen molar-refractivity contribution >= 4 is 11.9 Å². The van der Waals surface area contributed by atoms with Crippen molar-refractivity contribution < 1.29 is 33.6 Å². The van der Waals surface area contributed by atoms with Crippen molar-refractivity contribution in [1.29, 1.82) is 0 Å². The van der Waals surface area contributed by atoms with E-state index in [2.05, 4.69) is 35.7 Å². The zero-order chi connectivity index (χ0) is 28.6. The number of nitrogens with two attached hydrogens (primary N) is 1. The van der Waals surface area contributed by atoms with Crippen LogP contribution in [0.1, 0.15) is 32.4 Å². The van der Waals surface area contributed by atoms with Crippen LogP contribution in [-0.4, -0.2) is 75.8 Å². The highest BCUT2D eigenvalue weighted by Crippen LogP contribution is 2.31. The Hall–Kier alpha value is -5.18. The summed E-state index contributed by atoms with van der Waals surface area (Å²) in [7, 11) is 6.34. The molecule has 4 rings (SSSR count). The van der Waals surface area contributed by atoms with Crippen LogP contribution in [0, 0.1) is 0 Å². The van der Waals surface area contributed by atoms with Gasteiger partial charge in [0.25, 0.3) is 5.91 Å². The lowest BCUT2D eigenvalue weighted by Gasteiger charge is -2.12. The molecule has 2 heterocycles. The minimum absolute atomic E-state index is 0.134. The van der Waals surface area contributed by atoms with E-state index in [0.29, 0.717) is 24.6 Å². The van der Waals surface area contributed by atoms with Crippen LogP contribution in [0.25, 0.3) is 0 Å². The molecule has 15 heteroatoms. The molecule has 0 spiro atoms. The van der Waals surface area contributed by atoms with Crippen LogP contribution in [0.15, 0.2) is 49.1 Å². The number of methoxy groups -OCH3 is 4. The predicted molar refractivity (Wildman–Crippen MR) is 138 cm³/mol. The monoisotopic (exact) mass is 542 g/mol. The molecule has 0 bridgehead atoms. The molecule has 1 amide bonds. The van der Waals surface area contributed by atoms with Crippen LogP contribution >= 0.6 is 0 Å². The van der Waals surface area contributed by atoms with Gasteiger partial charge in [-0.15, -0.1) is 0 Å². The summed E-state index contributed by atoms with van der Waals surface area (Å²) in [5.41, 5.74) is 7.28. The second-order valence-electron chi connectivity index (χ2n) is 7.17. The summed E-state index contributed by atoms with van der Waals surface area (Å²) < 4.78 is 20.7. The number of nitrogens with zero attached hydrogens (tertiary/aromatic N) is 4. The van der Waals surface area contributed by atoms with Crippen molar-refractivity contribution in [2.24, 2.45) is 5.73 Å². The van der Waals surface area contributed by atoms with Gasteiger partial charge in [0.2, 0.25) is 11.6 Å². The maximum atomic E-state index is 11.7. The molecule has 0 aliphatic carbocycles. The lowest BCUT2D eigenvalue weighted by molar-refractivity contribution is 0.0683. The number of hydrogen-bond acceptors (Lipinski definition) is 11. The molecule has 0 saturated carbocycles. The fraction of sp³-hybridized carbons (Fsp3) is 0.250. The van der Waals surface area contributed by atoms with Crippen LogP contribution in [0.3, 0.4) is 0 Å². The molecule has 39 heavy (non-hydrogen) atoms. The van der Waals surface area contributed by atoms with Crippen LogP contribution in [-0.2, 0) is 13.1 Å². The Morgan fingerprint density at radius 2 is 1.33 bits per heavy atom. The van der Waals surface area contributed by atoms with Gasteiger partial charge in [-0.1, -0.05) is 24.3 Å². The summed E-state index contributed by atoms with van der Waals surface area (Å²) in [5, 5.41) is 22.5.